The number of aryl methyl sites for hydroxylation is 1. The Labute approximate surface area is 176 Å². The van der Waals surface area contributed by atoms with E-state index in [1.54, 1.807) is 32.4 Å². The van der Waals surface area contributed by atoms with Crippen LogP contribution in [0.15, 0.2) is 53.4 Å². The van der Waals surface area contributed by atoms with Crippen LogP contribution in [0.4, 0.5) is 11.5 Å². The lowest BCUT2D eigenvalue weighted by molar-refractivity contribution is 0.354. The number of hydrogen-bond donors (Lipinski definition) is 3. The average Bonchev–Trinajstić information content (AvgIpc) is 3.13. The molecule has 0 aliphatic rings. The lowest BCUT2D eigenvalue weighted by Crippen LogP contribution is -2.13. The molecule has 0 spiro atoms. The third kappa shape index (κ3) is 3.72. The van der Waals surface area contributed by atoms with E-state index in [-0.39, 0.29) is 0 Å². The van der Waals surface area contributed by atoms with Crippen LogP contribution in [0.2, 0.25) is 0 Å². The largest absolute Gasteiger partial charge is 0.588 e. The van der Waals surface area contributed by atoms with Crippen LogP contribution in [-0.4, -0.2) is 34.0 Å². The third-order valence-corrected chi connectivity index (χ3v) is 5.82. The van der Waals surface area contributed by atoms with Gasteiger partial charge in [-0.05, 0) is 48.9 Å². The van der Waals surface area contributed by atoms with Crippen molar-refractivity contribution in [3.8, 4) is 22.8 Å². The number of nitrogen functional groups attached to an aromatic ring is 1. The summed E-state index contributed by atoms with van der Waals surface area (Å²) in [7, 11) is 3.10. The minimum Gasteiger partial charge on any atom is -0.588 e. The number of fused-ring (bicyclic) bond motifs is 1. The summed E-state index contributed by atoms with van der Waals surface area (Å²) < 4.78 is 26.3. The summed E-state index contributed by atoms with van der Waals surface area (Å²) in [6.45, 7) is 1.98. The van der Waals surface area contributed by atoms with E-state index in [1.807, 2.05) is 37.3 Å². The molecule has 8 nitrogen and oxygen atoms in total. The first-order chi connectivity index (χ1) is 14.5. The number of nitrogens with one attached hydrogen (secondary N) is 2. The van der Waals surface area contributed by atoms with Crippen molar-refractivity contribution in [1.82, 2.24) is 15.2 Å². The van der Waals surface area contributed by atoms with Crippen LogP contribution in [0.5, 0.6) is 11.5 Å². The summed E-state index contributed by atoms with van der Waals surface area (Å²) in [5.74, 6) is 1.48. The molecule has 0 bridgehead atoms. The highest BCUT2D eigenvalue weighted by atomic mass is 32.2. The summed E-state index contributed by atoms with van der Waals surface area (Å²) in [6, 6.07) is 14.7. The number of nitrogens with zero attached hydrogens (tertiary/aromatic N) is 2. The van der Waals surface area contributed by atoms with Gasteiger partial charge in [0.25, 0.3) is 0 Å². The Bertz CT molecular complexity index is 1210. The van der Waals surface area contributed by atoms with Crippen LogP contribution in [0, 0.1) is 6.92 Å². The van der Waals surface area contributed by atoms with E-state index in [0.29, 0.717) is 27.7 Å². The fraction of sp³-hybridized carbons (Fsp3) is 0.143. The monoisotopic (exact) mass is 423 g/mol. The van der Waals surface area contributed by atoms with Crippen LogP contribution < -0.4 is 19.9 Å². The van der Waals surface area contributed by atoms with E-state index in [2.05, 4.69) is 19.9 Å². The van der Waals surface area contributed by atoms with Crippen molar-refractivity contribution in [2.45, 2.75) is 11.8 Å². The van der Waals surface area contributed by atoms with Crippen LogP contribution >= 0.6 is 0 Å². The number of pyridine rings is 1. The van der Waals surface area contributed by atoms with E-state index in [4.69, 9.17) is 15.2 Å². The molecule has 154 valence electrons. The lowest BCUT2D eigenvalue weighted by atomic mass is 10.0. The first-order valence-corrected chi connectivity index (χ1v) is 10.3. The molecule has 9 heteroatoms. The van der Waals surface area contributed by atoms with Gasteiger partial charge in [0.2, 0.25) is 0 Å². The summed E-state index contributed by atoms with van der Waals surface area (Å²) in [5, 5.41) is 6.83. The third-order valence-electron chi connectivity index (χ3n) is 4.72. The highest BCUT2D eigenvalue weighted by Gasteiger charge is 2.16. The molecular formula is C21H21N5O3S. The van der Waals surface area contributed by atoms with Gasteiger partial charge in [0, 0.05) is 11.6 Å². The van der Waals surface area contributed by atoms with Gasteiger partial charge in [-0.3, -0.25) is 5.10 Å². The Morgan fingerprint density at radius 1 is 1.03 bits per heavy atom. The van der Waals surface area contributed by atoms with Gasteiger partial charge in [0.1, 0.15) is 16.9 Å². The van der Waals surface area contributed by atoms with Crippen molar-refractivity contribution in [3.05, 3.63) is 54.1 Å². The minimum absolute atomic E-state index is 0.369. The Hall–Kier alpha value is -3.43. The van der Waals surface area contributed by atoms with Crippen LogP contribution in [0.3, 0.4) is 0 Å². The molecule has 4 N–H and O–H groups in total. The maximum Gasteiger partial charge on any atom is 0.183 e. The molecule has 0 saturated carbocycles. The van der Waals surface area contributed by atoms with Gasteiger partial charge in [-0.15, -0.1) is 0 Å². The molecular weight excluding hydrogens is 402 g/mol. The predicted octanol–water partition coefficient (Wildman–Crippen LogP) is 3.67. The standard InChI is InChI=1S/C21H21N5O3S/c1-12-10-13(26-30(27)14-5-9-18(28-2)19(11-14)29-3)4-6-15(12)16-7-8-17-20(23-16)21(22)25-24-17/h4-11,26H,1-3H3,(H3,22,24,25). The van der Waals surface area contributed by atoms with Crippen molar-refractivity contribution < 1.29 is 14.0 Å². The predicted molar refractivity (Wildman–Crippen MR) is 118 cm³/mol. The molecule has 2 heterocycles. The number of ether oxygens (including phenoxy) is 2. The number of H-pyrrole nitrogens is 1. The average molecular weight is 423 g/mol. The van der Waals surface area contributed by atoms with Crippen molar-refractivity contribution in [2.75, 3.05) is 24.7 Å². The number of rotatable bonds is 6. The zero-order valence-electron chi connectivity index (χ0n) is 16.7. The highest BCUT2D eigenvalue weighted by molar-refractivity contribution is 7.92. The van der Waals surface area contributed by atoms with E-state index in [0.717, 1.165) is 28.0 Å². The summed E-state index contributed by atoms with van der Waals surface area (Å²) >= 11 is -1.46. The molecule has 1 atom stereocenters. The lowest BCUT2D eigenvalue weighted by Gasteiger charge is -2.15. The van der Waals surface area contributed by atoms with Crippen molar-refractivity contribution in [2.24, 2.45) is 0 Å². The fourth-order valence-corrected chi connectivity index (χ4v) is 4.05. The van der Waals surface area contributed by atoms with Gasteiger partial charge >= 0.3 is 0 Å². The molecule has 0 radical (unpaired) electrons. The SMILES string of the molecule is COc1ccc([S+]([O-])Nc2ccc(-c3ccc4[nH]nc(N)c4n3)c(C)c2)cc1OC. The number of aromatic amines is 1. The number of benzene rings is 2. The smallest absolute Gasteiger partial charge is 0.183 e. The maximum absolute atomic E-state index is 12.8. The number of methoxy groups -OCH3 is 2. The molecule has 0 aliphatic carbocycles. The van der Waals surface area contributed by atoms with Gasteiger partial charge in [-0.1, -0.05) is 6.07 Å². The van der Waals surface area contributed by atoms with Crippen LogP contribution in [0.25, 0.3) is 22.3 Å². The maximum atomic E-state index is 12.8. The van der Waals surface area contributed by atoms with Crippen molar-refractivity contribution in [3.63, 3.8) is 0 Å². The van der Waals surface area contributed by atoms with Crippen molar-refractivity contribution >= 4 is 33.9 Å². The summed E-state index contributed by atoms with van der Waals surface area (Å²) in [5.41, 5.74) is 10.8. The Morgan fingerprint density at radius 2 is 1.83 bits per heavy atom. The molecule has 2 aromatic heterocycles. The number of aromatic nitrogens is 3. The summed E-state index contributed by atoms with van der Waals surface area (Å²) in [4.78, 5) is 5.20. The zero-order valence-corrected chi connectivity index (χ0v) is 17.5. The quantitative estimate of drug-likeness (QED) is 0.405. The number of anilines is 2. The Balaban J connectivity index is 1.57. The van der Waals surface area contributed by atoms with Crippen molar-refractivity contribution in [1.29, 1.82) is 0 Å². The molecule has 0 saturated heterocycles. The van der Waals surface area contributed by atoms with E-state index < -0.39 is 11.4 Å². The molecule has 1 unspecified atom stereocenters. The second-order valence-corrected chi connectivity index (χ2v) is 7.83. The fourth-order valence-electron chi connectivity index (χ4n) is 3.18. The topological polar surface area (TPSA) is 121 Å². The Morgan fingerprint density at radius 3 is 2.57 bits per heavy atom. The highest BCUT2D eigenvalue weighted by Crippen LogP contribution is 2.31. The molecule has 0 fully saturated rings. The van der Waals surface area contributed by atoms with Gasteiger partial charge in [0.05, 0.1) is 31.1 Å². The van der Waals surface area contributed by atoms with Crippen LogP contribution in [-0.2, 0) is 11.4 Å². The first-order valence-electron chi connectivity index (χ1n) is 9.12. The minimum atomic E-state index is -1.46. The second kappa shape index (κ2) is 8.13. The zero-order chi connectivity index (χ0) is 21.3. The molecule has 30 heavy (non-hydrogen) atoms. The number of hydrogen-bond acceptors (Lipinski definition) is 7. The van der Waals surface area contributed by atoms with E-state index in [1.165, 1.54) is 0 Å². The molecule has 2 aromatic carbocycles. The molecule has 0 amide bonds. The van der Waals surface area contributed by atoms with Gasteiger partial charge in [-0.2, -0.15) is 5.10 Å². The first kappa shape index (κ1) is 19.9. The molecule has 0 aliphatic heterocycles. The van der Waals surface area contributed by atoms with Crippen LogP contribution in [0.1, 0.15) is 5.56 Å². The number of nitrogens with two attached hydrogens (primary N) is 1. The van der Waals surface area contributed by atoms with Gasteiger partial charge in [0.15, 0.2) is 22.2 Å². The summed E-state index contributed by atoms with van der Waals surface area (Å²) in [6.07, 6.45) is 0. The van der Waals surface area contributed by atoms with E-state index in [9.17, 15) is 4.55 Å². The Kier molecular flexibility index (Phi) is 5.39. The normalized spacial score (nSPS) is 12.0. The molecule has 4 rings (SSSR count). The molecule has 4 aromatic rings. The van der Waals surface area contributed by atoms with Gasteiger partial charge < -0.3 is 19.8 Å². The van der Waals surface area contributed by atoms with Gasteiger partial charge in [-0.25, -0.2) is 9.71 Å². The second-order valence-electron chi connectivity index (χ2n) is 6.62. The van der Waals surface area contributed by atoms with E-state index >= 15 is 0 Å².